The molecule has 0 atom stereocenters. The molecule has 0 aliphatic heterocycles. The minimum Gasteiger partial charge on any atom is -0.236 e. The van der Waals surface area contributed by atoms with E-state index in [0.717, 1.165) is 33.6 Å². The van der Waals surface area contributed by atoms with Crippen molar-refractivity contribution in [2.24, 2.45) is 0 Å². The average molecular weight is 395 g/mol. The summed E-state index contributed by atoms with van der Waals surface area (Å²) in [7, 11) is 0. The number of hydrogen-bond acceptors (Lipinski definition) is 5. The molecule has 0 radical (unpaired) electrons. The normalized spacial score (nSPS) is 11.3. The van der Waals surface area contributed by atoms with Crippen molar-refractivity contribution in [2.45, 2.75) is 27.3 Å². The highest BCUT2D eigenvalue weighted by molar-refractivity contribution is 5.80. The van der Waals surface area contributed by atoms with Gasteiger partial charge in [-0.15, -0.1) is 10.2 Å². The second kappa shape index (κ2) is 7.18. The third-order valence-electron chi connectivity index (χ3n) is 5.09. The Bertz CT molecular complexity index is 1340. The van der Waals surface area contributed by atoms with Crippen LogP contribution < -0.4 is 0 Å². The lowest BCUT2D eigenvalue weighted by Gasteiger charge is -2.07. The molecule has 0 saturated heterocycles. The lowest BCUT2D eigenvalue weighted by Crippen LogP contribution is -1.98. The van der Waals surface area contributed by atoms with E-state index in [4.69, 9.17) is 0 Å². The minimum atomic E-state index is 0.611. The fourth-order valence-corrected chi connectivity index (χ4v) is 3.75. The van der Waals surface area contributed by atoms with Crippen LogP contribution in [-0.4, -0.2) is 34.8 Å². The predicted octanol–water partition coefficient (Wildman–Crippen LogP) is 4.35. The summed E-state index contributed by atoms with van der Waals surface area (Å²) in [5, 5.41) is 17.3. The standard InChI is InChI=1S/C23H21N7/c1-4-29-27-22(26-28-29)18-7-5-6-17(13-18)21-8-9-24-23-20(14-25-30(21)23)19-11-15(2)10-16(3)12-19/h5-14H,4H2,1-3H3. The fraction of sp³-hybridized carbons (Fsp3) is 0.174. The zero-order chi connectivity index (χ0) is 20.7. The zero-order valence-electron chi connectivity index (χ0n) is 17.1. The van der Waals surface area contributed by atoms with Gasteiger partial charge in [-0.25, -0.2) is 9.50 Å². The second-order valence-electron chi connectivity index (χ2n) is 7.38. The molecular weight excluding hydrogens is 374 g/mol. The molecule has 148 valence electrons. The third kappa shape index (κ3) is 3.14. The molecule has 7 heteroatoms. The summed E-state index contributed by atoms with van der Waals surface area (Å²) >= 11 is 0. The monoisotopic (exact) mass is 395 g/mol. The van der Waals surface area contributed by atoms with Crippen molar-refractivity contribution in [3.8, 4) is 33.8 Å². The van der Waals surface area contributed by atoms with Gasteiger partial charge in [-0.1, -0.05) is 47.5 Å². The van der Waals surface area contributed by atoms with Crippen LogP contribution in [0.5, 0.6) is 0 Å². The quantitative estimate of drug-likeness (QED) is 0.452. The summed E-state index contributed by atoms with van der Waals surface area (Å²) in [5.41, 5.74) is 8.32. The molecule has 3 aromatic heterocycles. The van der Waals surface area contributed by atoms with Gasteiger partial charge in [-0.05, 0) is 43.7 Å². The number of aryl methyl sites for hydroxylation is 3. The molecular formula is C23H21N7. The first-order chi connectivity index (χ1) is 14.6. The molecule has 0 spiro atoms. The van der Waals surface area contributed by atoms with Gasteiger partial charge in [0.2, 0.25) is 5.82 Å². The van der Waals surface area contributed by atoms with E-state index in [1.807, 2.05) is 42.0 Å². The van der Waals surface area contributed by atoms with E-state index in [-0.39, 0.29) is 0 Å². The topological polar surface area (TPSA) is 73.8 Å². The summed E-state index contributed by atoms with van der Waals surface area (Å²) in [4.78, 5) is 6.20. The van der Waals surface area contributed by atoms with Crippen LogP contribution in [0.1, 0.15) is 18.1 Å². The van der Waals surface area contributed by atoms with Crippen LogP contribution in [0, 0.1) is 13.8 Å². The maximum absolute atomic E-state index is 4.66. The molecule has 0 saturated carbocycles. The van der Waals surface area contributed by atoms with Gasteiger partial charge in [0.15, 0.2) is 5.65 Å². The van der Waals surface area contributed by atoms with Crippen molar-refractivity contribution in [3.63, 3.8) is 0 Å². The Labute approximate surface area is 174 Å². The Morgan fingerprint density at radius 1 is 0.900 bits per heavy atom. The highest BCUT2D eigenvalue weighted by Crippen LogP contribution is 2.29. The second-order valence-corrected chi connectivity index (χ2v) is 7.38. The number of nitrogens with zero attached hydrogens (tertiary/aromatic N) is 7. The summed E-state index contributed by atoms with van der Waals surface area (Å²) in [5.74, 6) is 0.611. The van der Waals surface area contributed by atoms with Gasteiger partial charge in [0, 0.05) is 22.9 Å². The number of tetrazole rings is 1. The molecule has 5 aromatic rings. The van der Waals surface area contributed by atoms with Gasteiger partial charge >= 0.3 is 0 Å². The lowest BCUT2D eigenvalue weighted by molar-refractivity contribution is 0.553. The number of benzene rings is 2. The Hall–Kier alpha value is -3.87. The largest absolute Gasteiger partial charge is 0.236 e. The van der Waals surface area contributed by atoms with Gasteiger partial charge in [0.25, 0.3) is 0 Å². The smallest absolute Gasteiger partial charge is 0.204 e. The molecule has 2 aromatic carbocycles. The molecule has 0 fully saturated rings. The Morgan fingerprint density at radius 2 is 1.70 bits per heavy atom. The van der Waals surface area contributed by atoms with E-state index in [2.05, 4.69) is 69.7 Å². The maximum Gasteiger partial charge on any atom is 0.204 e. The van der Waals surface area contributed by atoms with E-state index >= 15 is 0 Å². The van der Waals surface area contributed by atoms with E-state index in [1.165, 1.54) is 11.1 Å². The summed E-state index contributed by atoms with van der Waals surface area (Å²) in [6.45, 7) is 6.89. The van der Waals surface area contributed by atoms with Crippen molar-refractivity contribution >= 4 is 5.65 Å². The first-order valence-electron chi connectivity index (χ1n) is 9.92. The van der Waals surface area contributed by atoms with Crippen molar-refractivity contribution in [1.82, 2.24) is 34.8 Å². The first-order valence-corrected chi connectivity index (χ1v) is 9.92. The van der Waals surface area contributed by atoms with Crippen LogP contribution in [0.4, 0.5) is 0 Å². The van der Waals surface area contributed by atoms with Crippen LogP contribution >= 0.6 is 0 Å². The highest BCUT2D eigenvalue weighted by Gasteiger charge is 2.14. The zero-order valence-corrected chi connectivity index (χ0v) is 17.1. The van der Waals surface area contributed by atoms with Gasteiger partial charge in [0.05, 0.1) is 18.4 Å². The van der Waals surface area contributed by atoms with Crippen molar-refractivity contribution < 1.29 is 0 Å². The van der Waals surface area contributed by atoms with Crippen LogP contribution in [0.2, 0.25) is 0 Å². The predicted molar refractivity (Wildman–Crippen MR) is 116 cm³/mol. The molecule has 0 bridgehead atoms. The number of aromatic nitrogens is 7. The first kappa shape index (κ1) is 18.2. The van der Waals surface area contributed by atoms with E-state index in [9.17, 15) is 0 Å². The molecule has 0 unspecified atom stereocenters. The number of rotatable bonds is 4. The Kier molecular flexibility index (Phi) is 4.35. The van der Waals surface area contributed by atoms with Crippen LogP contribution in [0.3, 0.4) is 0 Å². The summed E-state index contributed by atoms with van der Waals surface area (Å²) < 4.78 is 1.89. The molecule has 0 aliphatic carbocycles. The Morgan fingerprint density at radius 3 is 2.47 bits per heavy atom. The molecule has 7 nitrogen and oxygen atoms in total. The summed E-state index contributed by atoms with van der Waals surface area (Å²) in [6, 6.07) is 16.6. The maximum atomic E-state index is 4.66. The molecule has 0 amide bonds. The van der Waals surface area contributed by atoms with Crippen LogP contribution in [-0.2, 0) is 6.54 Å². The SMILES string of the molecule is CCn1nnc(-c2cccc(-c3ccnc4c(-c5cc(C)cc(C)c5)cnn34)c2)n1. The van der Waals surface area contributed by atoms with Gasteiger partial charge in [-0.2, -0.15) is 9.90 Å². The lowest BCUT2D eigenvalue weighted by atomic mass is 10.0. The average Bonchev–Trinajstić information content (AvgIpc) is 3.40. The van der Waals surface area contributed by atoms with Crippen LogP contribution in [0.15, 0.2) is 60.9 Å². The number of fused-ring (bicyclic) bond motifs is 1. The van der Waals surface area contributed by atoms with Crippen LogP contribution in [0.25, 0.3) is 39.4 Å². The number of hydrogen-bond donors (Lipinski definition) is 0. The highest BCUT2D eigenvalue weighted by atomic mass is 15.6. The van der Waals surface area contributed by atoms with E-state index in [1.54, 1.807) is 4.80 Å². The Balaban J connectivity index is 1.62. The van der Waals surface area contributed by atoms with E-state index in [0.29, 0.717) is 12.4 Å². The summed E-state index contributed by atoms with van der Waals surface area (Å²) in [6.07, 6.45) is 3.72. The molecule has 3 heterocycles. The third-order valence-corrected chi connectivity index (χ3v) is 5.09. The van der Waals surface area contributed by atoms with Crippen molar-refractivity contribution in [1.29, 1.82) is 0 Å². The molecule has 30 heavy (non-hydrogen) atoms. The van der Waals surface area contributed by atoms with Gasteiger partial charge in [0.1, 0.15) is 0 Å². The van der Waals surface area contributed by atoms with Gasteiger partial charge in [-0.3, -0.25) is 0 Å². The van der Waals surface area contributed by atoms with Crippen molar-refractivity contribution in [3.05, 3.63) is 72.1 Å². The van der Waals surface area contributed by atoms with Crippen molar-refractivity contribution in [2.75, 3.05) is 0 Å². The van der Waals surface area contributed by atoms with Gasteiger partial charge < -0.3 is 0 Å². The van der Waals surface area contributed by atoms with E-state index < -0.39 is 0 Å². The molecule has 0 N–H and O–H groups in total. The minimum absolute atomic E-state index is 0.611. The molecule has 0 aliphatic rings. The fourth-order valence-electron chi connectivity index (χ4n) is 3.75. The molecule has 5 rings (SSSR count).